The fourth-order valence-electron chi connectivity index (χ4n) is 4.95. The van der Waals surface area contributed by atoms with E-state index >= 15 is 0 Å². The van der Waals surface area contributed by atoms with Crippen molar-refractivity contribution in [1.82, 2.24) is 15.9 Å². The van der Waals surface area contributed by atoms with Crippen LogP contribution in [-0.4, -0.2) is 17.7 Å². The summed E-state index contributed by atoms with van der Waals surface area (Å²) in [6.45, 7) is 12.2. The predicted octanol–water partition coefficient (Wildman–Crippen LogP) is 7.81. The summed E-state index contributed by atoms with van der Waals surface area (Å²) in [5.74, 6) is 0. The lowest BCUT2D eigenvalue weighted by Gasteiger charge is -2.29. The molecular weight excluding hydrogens is 499 g/mol. The molecule has 0 amide bonds. The highest BCUT2D eigenvalue weighted by molar-refractivity contribution is 5.72. The Morgan fingerprint density at radius 2 is 1.79 bits per heavy atom. The number of hydrogen-bond acceptors (Lipinski definition) is 4. The number of benzene rings is 2. The van der Waals surface area contributed by atoms with Crippen molar-refractivity contribution in [2.45, 2.75) is 43.9 Å². The van der Waals surface area contributed by atoms with Crippen LogP contribution in [0.15, 0.2) is 122 Å². The predicted molar refractivity (Wildman–Crippen MR) is 151 cm³/mol. The summed E-state index contributed by atoms with van der Waals surface area (Å²) >= 11 is 0. The zero-order valence-corrected chi connectivity index (χ0v) is 21.9. The van der Waals surface area contributed by atoms with E-state index in [2.05, 4.69) is 42.8 Å². The topological polar surface area (TPSA) is 36.5 Å². The molecule has 0 aliphatic carbocycles. The van der Waals surface area contributed by atoms with E-state index in [1.807, 2.05) is 47.5 Å². The molecular formula is C32H34F3N3O. The van der Waals surface area contributed by atoms with Gasteiger partial charge in [-0.25, -0.2) is 5.43 Å². The van der Waals surface area contributed by atoms with Crippen LogP contribution in [0.25, 0.3) is 5.57 Å². The van der Waals surface area contributed by atoms with Gasteiger partial charge in [0.2, 0.25) is 0 Å². The quantitative estimate of drug-likeness (QED) is 0.255. The molecule has 4 nitrogen and oxygen atoms in total. The number of halogens is 3. The van der Waals surface area contributed by atoms with Gasteiger partial charge in [0.25, 0.3) is 0 Å². The zero-order chi connectivity index (χ0) is 27.8. The third-order valence-corrected chi connectivity index (χ3v) is 6.94. The van der Waals surface area contributed by atoms with Crippen molar-refractivity contribution >= 4 is 5.57 Å². The van der Waals surface area contributed by atoms with Crippen LogP contribution in [0.4, 0.5) is 13.2 Å². The Morgan fingerprint density at radius 3 is 2.46 bits per heavy atom. The van der Waals surface area contributed by atoms with Crippen LogP contribution in [0.1, 0.15) is 48.4 Å². The van der Waals surface area contributed by atoms with Crippen LogP contribution < -0.4 is 10.9 Å². The van der Waals surface area contributed by atoms with Crippen LogP contribution in [0, 0.1) is 0 Å². The molecule has 2 unspecified atom stereocenters. The van der Waals surface area contributed by atoms with Crippen molar-refractivity contribution in [3.05, 3.63) is 138 Å². The van der Waals surface area contributed by atoms with E-state index in [0.717, 1.165) is 52.2 Å². The highest BCUT2D eigenvalue weighted by Gasteiger charge is 2.38. The third kappa shape index (κ3) is 6.99. The van der Waals surface area contributed by atoms with Crippen molar-refractivity contribution in [3.63, 3.8) is 0 Å². The number of hydrogen-bond donors (Lipinski definition) is 2. The van der Waals surface area contributed by atoms with Gasteiger partial charge in [0.05, 0.1) is 24.3 Å². The van der Waals surface area contributed by atoms with Gasteiger partial charge in [-0.05, 0) is 59.7 Å². The minimum Gasteiger partial charge on any atom is -0.305 e. The lowest BCUT2D eigenvalue weighted by atomic mass is 9.89. The maximum atomic E-state index is 13.2. The van der Waals surface area contributed by atoms with Gasteiger partial charge in [-0.2, -0.15) is 13.2 Å². The lowest BCUT2D eigenvalue weighted by Crippen LogP contribution is -2.37. The molecule has 0 aromatic heterocycles. The summed E-state index contributed by atoms with van der Waals surface area (Å²) in [5, 5.41) is 2.01. The first kappa shape index (κ1) is 28.2. The molecule has 4 rings (SSSR count). The second-order valence-electron chi connectivity index (χ2n) is 9.57. The summed E-state index contributed by atoms with van der Waals surface area (Å²) in [5.41, 5.74) is 11.9. The number of rotatable bonds is 9. The van der Waals surface area contributed by atoms with Gasteiger partial charge >= 0.3 is 6.18 Å². The van der Waals surface area contributed by atoms with Crippen LogP contribution >= 0.6 is 0 Å². The molecule has 204 valence electrons. The summed E-state index contributed by atoms with van der Waals surface area (Å²) in [6, 6.07) is 15.3. The van der Waals surface area contributed by atoms with E-state index in [4.69, 9.17) is 4.84 Å². The van der Waals surface area contributed by atoms with Crippen LogP contribution in [0.2, 0.25) is 0 Å². The number of hydrazine groups is 1. The minimum absolute atomic E-state index is 0.113. The SMILES string of the molecule is C=C/C=C\C=C1/CC(c2ccccc2)=C(C2CC(c3ccc(C(F)(F)F)cc3)N(C(=C)CCC=C)N2)CON1. The van der Waals surface area contributed by atoms with E-state index < -0.39 is 11.7 Å². The first-order chi connectivity index (χ1) is 18.8. The van der Waals surface area contributed by atoms with E-state index in [1.165, 1.54) is 0 Å². The molecule has 2 N–H and O–H groups in total. The Hall–Kier alpha value is -3.81. The Morgan fingerprint density at radius 1 is 1.05 bits per heavy atom. The van der Waals surface area contributed by atoms with Crippen LogP contribution in [0.5, 0.6) is 0 Å². The standard InChI is InChI=1S/C32H34F3N3O/c1-4-6-9-15-27-20-28(24-13-10-8-11-14-24)29(22-39-37-27)30-21-31(38(36-30)23(3)12-7-5-2)25-16-18-26(19-17-25)32(33,34)35/h4-6,8-11,13-19,30-31,36-37H,1-3,7,12,20-22H2/b9-6-,27-15+. The third-order valence-electron chi connectivity index (χ3n) is 6.94. The van der Waals surface area contributed by atoms with Crippen molar-refractivity contribution in [1.29, 1.82) is 0 Å². The number of allylic oxidation sites excluding steroid dienone is 7. The molecule has 1 fully saturated rings. The Bertz CT molecular complexity index is 1260. The molecule has 2 aliphatic rings. The lowest BCUT2D eigenvalue weighted by molar-refractivity contribution is -0.137. The molecule has 0 saturated carbocycles. The molecule has 2 heterocycles. The minimum atomic E-state index is -4.38. The number of nitrogens with zero attached hydrogens (tertiary/aromatic N) is 1. The first-order valence-electron chi connectivity index (χ1n) is 13.0. The Labute approximate surface area is 228 Å². The fraction of sp³-hybridized carbons (Fsp3) is 0.250. The summed E-state index contributed by atoms with van der Waals surface area (Å²) in [4.78, 5) is 5.91. The van der Waals surface area contributed by atoms with Crippen LogP contribution in [-0.2, 0) is 11.0 Å². The normalized spacial score (nSPS) is 21.2. The van der Waals surface area contributed by atoms with Crippen molar-refractivity contribution < 1.29 is 18.0 Å². The molecule has 39 heavy (non-hydrogen) atoms. The molecule has 2 atom stereocenters. The van der Waals surface area contributed by atoms with Gasteiger partial charge in [-0.3, -0.25) is 10.3 Å². The Kier molecular flexibility index (Phi) is 9.28. The maximum Gasteiger partial charge on any atom is 0.416 e. The van der Waals surface area contributed by atoms with E-state index in [1.54, 1.807) is 18.2 Å². The molecule has 1 saturated heterocycles. The number of hydroxylamine groups is 1. The van der Waals surface area contributed by atoms with Crippen molar-refractivity contribution in [2.75, 3.05) is 6.61 Å². The van der Waals surface area contributed by atoms with E-state index in [0.29, 0.717) is 25.9 Å². The highest BCUT2D eigenvalue weighted by atomic mass is 19.4. The average molecular weight is 534 g/mol. The van der Waals surface area contributed by atoms with Gasteiger partial charge in [0, 0.05) is 17.8 Å². The first-order valence-corrected chi connectivity index (χ1v) is 13.0. The second-order valence-corrected chi connectivity index (χ2v) is 9.57. The summed E-state index contributed by atoms with van der Waals surface area (Å²) in [7, 11) is 0. The zero-order valence-electron chi connectivity index (χ0n) is 21.9. The van der Waals surface area contributed by atoms with Crippen LogP contribution in [0.3, 0.4) is 0 Å². The Balaban J connectivity index is 1.72. The number of nitrogens with one attached hydrogen (secondary N) is 2. The van der Waals surface area contributed by atoms with E-state index in [9.17, 15) is 13.2 Å². The van der Waals surface area contributed by atoms with Gasteiger partial charge < -0.3 is 5.01 Å². The molecule has 0 bridgehead atoms. The largest absolute Gasteiger partial charge is 0.416 e. The van der Waals surface area contributed by atoms with Gasteiger partial charge in [-0.1, -0.05) is 79.9 Å². The second kappa shape index (κ2) is 12.8. The molecule has 2 aromatic rings. The van der Waals surface area contributed by atoms with E-state index in [-0.39, 0.29) is 12.1 Å². The molecule has 7 heteroatoms. The molecule has 2 aromatic carbocycles. The van der Waals surface area contributed by atoms with Gasteiger partial charge in [0.15, 0.2) is 0 Å². The van der Waals surface area contributed by atoms with Gasteiger partial charge in [0.1, 0.15) is 0 Å². The van der Waals surface area contributed by atoms with Crippen molar-refractivity contribution in [3.8, 4) is 0 Å². The van der Waals surface area contributed by atoms with Crippen molar-refractivity contribution in [2.24, 2.45) is 0 Å². The monoisotopic (exact) mass is 533 g/mol. The summed E-state index contributed by atoms with van der Waals surface area (Å²) in [6.07, 6.45) is 7.60. The number of alkyl halides is 3. The van der Waals surface area contributed by atoms with Gasteiger partial charge in [-0.15, -0.1) is 6.58 Å². The average Bonchev–Trinajstić information content (AvgIpc) is 3.27. The fourth-order valence-corrected chi connectivity index (χ4v) is 4.95. The summed E-state index contributed by atoms with van der Waals surface area (Å²) < 4.78 is 39.7. The molecule has 0 spiro atoms. The molecule has 0 radical (unpaired) electrons. The molecule has 2 aliphatic heterocycles. The smallest absolute Gasteiger partial charge is 0.305 e. The highest BCUT2D eigenvalue weighted by Crippen LogP contribution is 2.40. The maximum absolute atomic E-state index is 13.2.